The van der Waals surface area contributed by atoms with Gasteiger partial charge in [0.05, 0.1) is 22.0 Å². The van der Waals surface area contributed by atoms with Crippen molar-refractivity contribution in [3.05, 3.63) is 47.0 Å². The van der Waals surface area contributed by atoms with Gasteiger partial charge in [0.25, 0.3) is 5.24 Å². The van der Waals surface area contributed by atoms with Gasteiger partial charge < -0.3 is 5.32 Å². The number of halogens is 2. The van der Waals surface area contributed by atoms with Crippen LogP contribution in [-0.2, 0) is 0 Å². The van der Waals surface area contributed by atoms with Gasteiger partial charge in [-0.1, -0.05) is 35.5 Å². The second-order valence-corrected chi connectivity index (χ2v) is 5.63. The minimum Gasteiger partial charge on any atom is -0.353 e. The zero-order chi connectivity index (χ0) is 12.7. The van der Waals surface area contributed by atoms with E-state index in [1.807, 2.05) is 30.3 Å². The van der Waals surface area contributed by atoms with E-state index >= 15 is 0 Å². The van der Waals surface area contributed by atoms with Gasteiger partial charge in [0.1, 0.15) is 0 Å². The molecule has 1 aliphatic rings. The zero-order valence-electron chi connectivity index (χ0n) is 9.04. The van der Waals surface area contributed by atoms with Gasteiger partial charge in [-0.2, -0.15) is 0 Å². The molecule has 0 saturated heterocycles. The number of fused-ring (bicyclic) bond motifs is 2. The average Bonchev–Trinajstić information content (AvgIpc) is 2.36. The van der Waals surface area contributed by atoms with Crippen molar-refractivity contribution in [3.63, 3.8) is 0 Å². The highest BCUT2D eigenvalue weighted by Gasteiger charge is 2.22. The fourth-order valence-electron chi connectivity index (χ4n) is 1.87. The lowest BCUT2D eigenvalue weighted by molar-refractivity contribution is 0.108. The molecule has 0 aliphatic carbocycles. The van der Waals surface area contributed by atoms with Gasteiger partial charge in [0.2, 0.25) is 0 Å². The van der Waals surface area contributed by atoms with Gasteiger partial charge in [-0.3, -0.25) is 4.79 Å². The summed E-state index contributed by atoms with van der Waals surface area (Å²) in [5, 5.41) is 3.03. The van der Waals surface area contributed by atoms with Crippen LogP contribution in [0.3, 0.4) is 0 Å². The summed E-state index contributed by atoms with van der Waals surface area (Å²) in [6.45, 7) is 0. The molecule has 1 N–H and O–H groups in total. The lowest BCUT2D eigenvalue weighted by Crippen LogP contribution is -2.05. The molecular weight excluding hydrogens is 289 g/mol. The summed E-state index contributed by atoms with van der Waals surface area (Å²) in [7, 11) is 0. The first-order valence-corrected chi connectivity index (χ1v) is 6.80. The fraction of sp³-hybridized carbons (Fsp3) is 0. The summed E-state index contributed by atoms with van der Waals surface area (Å²) < 4.78 is 0. The molecule has 0 atom stereocenters. The summed E-state index contributed by atoms with van der Waals surface area (Å²) in [5.74, 6) is 0. The van der Waals surface area contributed by atoms with E-state index in [4.69, 9.17) is 23.2 Å². The Bertz CT molecular complexity index is 657. The first kappa shape index (κ1) is 11.9. The van der Waals surface area contributed by atoms with Crippen LogP contribution in [0.1, 0.15) is 10.4 Å². The van der Waals surface area contributed by atoms with Crippen LogP contribution in [0.5, 0.6) is 0 Å². The molecule has 0 radical (unpaired) electrons. The molecule has 0 amide bonds. The maximum Gasteiger partial charge on any atom is 0.256 e. The van der Waals surface area contributed by atoms with Crippen LogP contribution in [0, 0.1) is 0 Å². The first-order valence-electron chi connectivity index (χ1n) is 5.23. The van der Waals surface area contributed by atoms with Gasteiger partial charge >= 0.3 is 0 Å². The summed E-state index contributed by atoms with van der Waals surface area (Å²) in [4.78, 5) is 13.5. The molecular formula is C13H7Cl2NOS. The molecule has 18 heavy (non-hydrogen) atoms. The van der Waals surface area contributed by atoms with Crippen LogP contribution in [0.4, 0.5) is 11.4 Å². The molecule has 1 heterocycles. The maximum absolute atomic E-state index is 11.5. The quantitative estimate of drug-likeness (QED) is 0.646. The normalized spacial score (nSPS) is 12.3. The number of anilines is 2. The van der Waals surface area contributed by atoms with Crippen molar-refractivity contribution in [2.75, 3.05) is 5.32 Å². The number of rotatable bonds is 1. The molecule has 5 heteroatoms. The van der Waals surface area contributed by atoms with Crippen molar-refractivity contribution < 1.29 is 4.79 Å². The molecule has 2 nitrogen and oxygen atoms in total. The van der Waals surface area contributed by atoms with Crippen LogP contribution in [0.15, 0.2) is 46.2 Å². The third-order valence-corrected chi connectivity index (χ3v) is 4.32. The van der Waals surface area contributed by atoms with Crippen LogP contribution in [0.25, 0.3) is 0 Å². The SMILES string of the molecule is O=C(Cl)c1c(Cl)ccc2c1Nc1ccccc1S2. The largest absolute Gasteiger partial charge is 0.353 e. The highest BCUT2D eigenvalue weighted by atomic mass is 35.5. The average molecular weight is 296 g/mol. The number of carbonyl (C=O) groups excluding carboxylic acids is 1. The van der Waals surface area contributed by atoms with E-state index in [0.717, 1.165) is 15.5 Å². The molecule has 2 aromatic rings. The number of benzene rings is 2. The predicted molar refractivity (Wildman–Crippen MR) is 75.5 cm³/mol. The third kappa shape index (κ3) is 1.88. The Balaban J connectivity index is 2.19. The van der Waals surface area contributed by atoms with Gasteiger partial charge in [0, 0.05) is 9.79 Å². The summed E-state index contributed by atoms with van der Waals surface area (Å²) in [5.41, 5.74) is 1.97. The first-order chi connectivity index (χ1) is 8.66. The van der Waals surface area contributed by atoms with Crippen LogP contribution >= 0.6 is 35.0 Å². The number of carbonyl (C=O) groups is 1. The number of hydrogen-bond donors (Lipinski definition) is 1. The lowest BCUT2D eigenvalue weighted by Gasteiger charge is -2.22. The minimum atomic E-state index is -0.552. The van der Waals surface area contributed by atoms with Crippen molar-refractivity contribution in [2.45, 2.75) is 9.79 Å². The van der Waals surface area contributed by atoms with Crippen LogP contribution in [0.2, 0.25) is 5.02 Å². The maximum atomic E-state index is 11.5. The molecule has 0 spiro atoms. The Morgan fingerprint density at radius 1 is 1.11 bits per heavy atom. The van der Waals surface area contributed by atoms with E-state index in [1.54, 1.807) is 17.8 Å². The van der Waals surface area contributed by atoms with Gasteiger partial charge in [-0.25, -0.2) is 0 Å². The molecule has 1 aliphatic heterocycles. The Kier molecular flexibility index (Phi) is 2.98. The highest BCUT2D eigenvalue weighted by molar-refractivity contribution is 7.99. The summed E-state index contributed by atoms with van der Waals surface area (Å²) in [6.07, 6.45) is 0. The van der Waals surface area contributed by atoms with Crippen molar-refractivity contribution in [1.82, 2.24) is 0 Å². The minimum absolute atomic E-state index is 0.331. The summed E-state index contributed by atoms with van der Waals surface area (Å²) >= 11 is 13.2. The van der Waals surface area contributed by atoms with Crippen LogP contribution < -0.4 is 5.32 Å². The smallest absolute Gasteiger partial charge is 0.256 e. The van der Waals surface area contributed by atoms with E-state index < -0.39 is 5.24 Å². The van der Waals surface area contributed by atoms with Crippen molar-refractivity contribution in [2.24, 2.45) is 0 Å². The molecule has 0 aromatic heterocycles. The second kappa shape index (κ2) is 4.50. The molecule has 3 rings (SSSR count). The Morgan fingerprint density at radius 2 is 1.89 bits per heavy atom. The zero-order valence-corrected chi connectivity index (χ0v) is 11.4. The predicted octanol–water partition coefficient (Wildman–Crippen LogP) is 4.93. The number of hydrogen-bond acceptors (Lipinski definition) is 3. The van der Waals surface area contributed by atoms with E-state index in [0.29, 0.717) is 16.3 Å². The molecule has 0 bridgehead atoms. The molecule has 90 valence electrons. The molecule has 0 saturated carbocycles. The van der Waals surface area contributed by atoms with E-state index in [1.165, 1.54) is 0 Å². The Hall–Kier alpha value is -1.16. The Labute approximate surface area is 118 Å². The van der Waals surface area contributed by atoms with E-state index in [2.05, 4.69) is 5.32 Å². The molecule has 0 fully saturated rings. The van der Waals surface area contributed by atoms with E-state index in [-0.39, 0.29) is 0 Å². The lowest BCUT2D eigenvalue weighted by atomic mass is 10.1. The third-order valence-electron chi connectivity index (χ3n) is 2.68. The van der Waals surface area contributed by atoms with Crippen molar-refractivity contribution >= 4 is 51.6 Å². The van der Waals surface area contributed by atoms with Gasteiger partial charge in [-0.05, 0) is 35.9 Å². The van der Waals surface area contributed by atoms with Gasteiger partial charge in [0.15, 0.2) is 0 Å². The standard InChI is InChI=1S/C13H7Cl2NOS/c14-7-5-6-10-12(11(7)13(15)17)16-8-3-1-2-4-9(8)18-10/h1-6,16H. The van der Waals surface area contributed by atoms with Crippen LogP contribution in [-0.4, -0.2) is 5.24 Å². The molecule has 2 aromatic carbocycles. The monoisotopic (exact) mass is 295 g/mol. The Morgan fingerprint density at radius 3 is 2.67 bits per heavy atom. The highest BCUT2D eigenvalue weighted by Crippen LogP contribution is 2.47. The number of nitrogens with one attached hydrogen (secondary N) is 1. The van der Waals surface area contributed by atoms with Crippen molar-refractivity contribution in [1.29, 1.82) is 0 Å². The topological polar surface area (TPSA) is 29.1 Å². The van der Waals surface area contributed by atoms with Gasteiger partial charge in [-0.15, -0.1) is 0 Å². The van der Waals surface area contributed by atoms with E-state index in [9.17, 15) is 4.79 Å². The van der Waals surface area contributed by atoms with Crippen molar-refractivity contribution in [3.8, 4) is 0 Å². The second-order valence-electron chi connectivity index (χ2n) is 3.79. The summed E-state index contributed by atoms with van der Waals surface area (Å²) in [6, 6.07) is 11.5. The molecule has 0 unspecified atom stereocenters. The number of para-hydroxylation sites is 1. The fourth-order valence-corrected chi connectivity index (χ4v) is 3.36.